The summed E-state index contributed by atoms with van der Waals surface area (Å²) in [5.41, 5.74) is 4.49. The molecule has 0 spiro atoms. The van der Waals surface area contributed by atoms with Crippen LogP contribution in [0.15, 0.2) is 6.07 Å². The van der Waals surface area contributed by atoms with E-state index >= 15 is 0 Å². The Bertz CT molecular complexity index is 1270. The highest BCUT2D eigenvalue weighted by Gasteiger charge is 2.32. The molecular weight excluding hydrogens is 532 g/mol. The Morgan fingerprint density at radius 2 is 1.23 bits per heavy atom. The number of carbonyl (C=O) groups excluding carboxylic acids is 2. The van der Waals surface area contributed by atoms with Crippen LogP contribution in [0.3, 0.4) is 0 Å². The first kappa shape index (κ1) is 30.6. The van der Waals surface area contributed by atoms with E-state index in [1.165, 1.54) is 6.07 Å². The van der Waals surface area contributed by atoms with Crippen LogP contribution in [-0.4, -0.2) is 51.5 Å². The molecule has 2 aromatic carbocycles. The van der Waals surface area contributed by atoms with Crippen molar-refractivity contribution >= 4 is 28.1 Å². The number of hydrogen-bond acceptors (Lipinski definition) is 8. The predicted molar refractivity (Wildman–Crippen MR) is 156 cm³/mol. The average molecular weight is 575 g/mol. The van der Waals surface area contributed by atoms with Crippen molar-refractivity contribution in [1.82, 2.24) is 0 Å². The molecule has 0 fully saturated rings. The van der Waals surface area contributed by atoms with Crippen LogP contribution in [0.1, 0.15) is 48.5 Å². The second-order valence-corrected chi connectivity index (χ2v) is 23.9. The fourth-order valence-corrected chi connectivity index (χ4v) is 5.71. The maximum Gasteiger partial charge on any atom is 0.342 e. The van der Waals surface area contributed by atoms with E-state index in [4.69, 9.17) is 18.9 Å². The number of phenolic OH excluding ortho intramolecular Hbond substituents is 2. The number of hydrogen-bond donors (Lipinski definition) is 2. The first-order valence-corrected chi connectivity index (χ1v) is 20.7. The maximum absolute atomic E-state index is 11.9. The van der Waals surface area contributed by atoms with Crippen LogP contribution in [0.2, 0.25) is 51.4 Å². The van der Waals surface area contributed by atoms with E-state index in [9.17, 15) is 19.8 Å². The molecule has 4 rings (SSSR count). The van der Waals surface area contributed by atoms with E-state index in [1.807, 2.05) is 0 Å². The molecule has 0 unspecified atom stereocenters. The number of aromatic hydroxyl groups is 2. The van der Waals surface area contributed by atoms with Gasteiger partial charge in [-0.1, -0.05) is 39.3 Å². The molecular formula is C29H42O8Si2. The molecule has 0 atom stereocenters. The molecule has 0 saturated heterocycles. The van der Waals surface area contributed by atoms with Gasteiger partial charge in [-0.3, -0.25) is 0 Å². The summed E-state index contributed by atoms with van der Waals surface area (Å²) in [7, 11) is -2.38. The molecule has 2 aliphatic rings. The molecule has 10 heteroatoms. The van der Waals surface area contributed by atoms with Crippen LogP contribution in [0.25, 0.3) is 0 Å². The van der Waals surface area contributed by atoms with Gasteiger partial charge < -0.3 is 29.2 Å². The lowest BCUT2D eigenvalue weighted by Gasteiger charge is -2.19. The lowest BCUT2D eigenvalue weighted by atomic mass is 9.98. The molecule has 0 bridgehead atoms. The maximum atomic E-state index is 11.9. The van der Waals surface area contributed by atoms with Gasteiger partial charge in [0.25, 0.3) is 0 Å². The Hall–Kier alpha value is -2.99. The Morgan fingerprint density at radius 3 is 1.77 bits per heavy atom. The quantitative estimate of drug-likeness (QED) is 0.272. The minimum absolute atomic E-state index is 0.153. The van der Waals surface area contributed by atoms with Gasteiger partial charge in [-0.05, 0) is 44.0 Å². The SMILES string of the molecule is Cc1c(O)c(C)c(OCC[Si](C)(C)C)c2c1COC2=O.Cc1c(O)cc(OCC[Si](C)(C)C)c2c1COC2=O. The van der Waals surface area contributed by atoms with Crippen molar-refractivity contribution in [2.24, 2.45) is 0 Å². The summed E-state index contributed by atoms with van der Waals surface area (Å²) in [5, 5.41) is 20.0. The normalized spacial score (nSPS) is 14.2. The Morgan fingerprint density at radius 1 is 0.744 bits per heavy atom. The van der Waals surface area contributed by atoms with E-state index in [-0.39, 0.29) is 36.7 Å². The number of rotatable bonds is 8. The number of ether oxygens (including phenoxy) is 4. The largest absolute Gasteiger partial charge is 0.508 e. The lowest BCUT2D eigenvalue weighted by molar-refractivity contribution is 0.0523. The molecule has 0 amide bonds. The highest BCUT2D eigenvalue weighted by molar-refractivity contribution is 6.76. The van der Waals surface area contributed by atoms with E-state index < -0.39 is 16.1 Å². The number of phenols is 2. The summed E-state index contributed by atoms with van der Waals surface area (Å²) >= 11 is 0. The number of benzene rings is 2. The number of cyclic esters (lactones) is 2. The van der Waals surface area contributed by atoms with Crippen molar-refractivity contribution in [3.05, 3.63) is 45.0 Å². The number of carbonyl (C=O) groups is 2. The van der Waals surface area contributed by atoms with Crippen molar-refractivity contribution in [3.8, 4) is 23.0 Å². The number of fused-ring (bicyclic) bond motifs is 2. The van der Waals surface area contributed by atoms with Crippen molar-refractivity contribution in [2.45, 2.75) is 85.4 Å². The second-order valence-electron chi connectivity index (χ2n) is 12.6. The average Bonchev–Trinajstić information content (AvgIpc) is 3.40. The van der Waals surface area contributed by atoms with Gasteiger partial charge in [0.1, 0.15) is 47.3 Å². The Balaban J connectivity index is 0.000000216. The van der Waals surface area contributed by atoms with Gasteiger partial charge in [0.2, 0.25) is 0 Å². The first-order chi connectivity index (χ1) is 18.0. The zero-order valence-electron chi connectivity index (χ0n) is 24.7. The molecule has 0 aromatic heterocycles. The number of esters is 2. The Kier molecular flexibility index (Phi) is 9.11. The molecule has 39 heavy (non-hydrogen) atoms. The van der Waals surface area contributed by atoms with Gasteiger partial charge in [-0.25, -0.2) is 9.59 Å². The van der Waals surface area contributed by atoms with E-state index in [0.717, 1.165) is 23.2 Å². The third kappa shape index (κ3) is 7.16. The molecule has 0 radical (unpaired) electrons. The van der Waals surface area contributed by atoms with Gasteiger partial charge in [0.05, 0.1) is 13.2 Å². The van der Waals surface area contributed by atoms with Crippen LogP contribution in [-0.2, 0) is 22.7 Å². The lowest BCUT2D eigenvalue weighted by Crippen LogP contribution is -2.23. The van der Waals surface area contributed by atoms with Crippen LogP contribution in [0.4, 0.5) is 0 Å². The summed E-state index contributed by atoms with van der Waals surface area (Å²) in [6, 6.07) is 3.53. The van der Waals surface area contributed by atoms with Gasteiger partial charge in [0, 0.05) is 38.9 Å². The molecule has 214 valence electrons. The zero-order valence-corrected chi connectivity index (χ0v) is 26.7. The highest BCUT2D eigenvalue weighted by atomic mass is 28.3. The summed E-state index contributed by atoms with van der Waals surface area (Å²) in [6.45, 7) is 20.5. The fourth-order valence-electron chi connectivity index (χ4n) is 4.28. The molecule has 2 aromatic rings. The molecule has 0 aliphatic carbocycles. The first-order valence-electron chi connectivity index (χ1n) is 13.3. The third-order valence-corrected chi connectivity index (χ3v) is 10.4. The smallest absolute Gasteiger partial charge is 0.342 e. The zero-order chi connectivity index (χ0) is 29.3. The van der Waals surface area contributed by atoms with Crippen molar-refractivity contribution in [2.75, 3.05) is 13.2 Å². The summed E-state index contributed by atoms with van der Waals surface area (Å²) in [6.07, 6.45) is 0. The van der Waals surface area contributed by atoms with Crippen LogP contribution < -0.4 is 9.47 Å². The Labute approximate surface area is 233 Å². The standard InChI is InChI=1S/C15H22O4Si.C14H20O4Si/c1-9-11-8-19-15(17)12(11)14(10(2)13(9)16)18-6-7-20(3,4)5;1-9-10-8-18-14(16)13(10)12(7-11(9)15)17-5-6-19(2,3)4/h16H,6-8H2,1-5H3;7,15H,5-6,8H2,1-4H3. The summed E-state index contributed by atoms with van der Waals surface area (Å²) < 4.78 is 21.6. The van der Waals surface area contributed by atoms with Gasteiger partial charge in [-0.15, -0.1) is 0 Å². The minimum Gasteiger partial charge on any atom is -0.508 e. The third-order valence-electron chi connectivity index (χ3n) is 7.00. The van der Waals surface area contributed by atoms with Crippen LogP contribution in [0.5, 0.6) is 23.0 Å². The summed E-state index contributed by atoms with van der Waals surface area (Å²) in [4.78, 5) is 23.6. The van der Waals surface area contributed by atoms with E-state index in [2.05, 4.69) is 39.3 Å². The second kappa shape index (κ2) is 11.6. The van der Waals surface area contributed by atoms with E-state index in [1.54, 1.807) is 20.8 Å². The van der Waals surface area contributed by atoms with Gasteiger partial charge >= 0.3 is 11.9 Å². The molecule has 2 aliphatic heterocycles. The molecule has 2 heterocycles. The monoisotopic (exact) mass is 574 g/mol. The summed E-state index contributed by atoms with van der Waals surface area (Å²) in [5.74, 6) is 0.572. The predicted octanol–water partition coefficient (Wildman–Crippen LogP) is 6.48. The van der Waals surface area contributed by atoms with Gasteiger partial charge in [0.15, 0.2) is 0 Å². The van der Waals surface area contributed by atoms with Gasteiger partial charge in [-0.2, -0.15) is 0 Å². The molecule has 2 N–H and O–H groups in total. The molecule has 0 saturated carbocycles. The molecule has 8 nitrogen and oxygen atoms in total. The minimum atomic E-state index is -1.20. The highest BCUT2D eigenvalue weighted by Crippen LogP contribution is 2.41. The topological polar surface area (TPSA) is 112 Å². The van der Waals surface area contributed by atoms with Crippen LogP contribution >= 0.6 is 0 Å². The van der Waals surface area contributed by atoms with E-state index in [0.29, 0.717) is 52.5 Å². The van der Waals surface area contributed by atoms with Crippen molar-refractivity contribution in [1.29, 1.82) is 0 Å². The van der Waals surface area contributed by atoms with Crippen molar-refractivity contribution < 1.29 is 38.7 Å². The van der Waals surface area contributed by atoms with Crippen molar-refractivity contribution in [3.63, 3.8) is 0 Å². The fraction of sp³-hybridized carbons (Fsp3) is 0.517. The van der Waals surface area contributed by atoms with Crippen LogP contribution in [0, 0.1) is 20.8 Å².